The molecule has 0 spiro atoms. The summed E-state index contributed by atoms with van der Waals surface area (Å²) < 4.78 is 0. The number of hydrogen-bond acceptors (Lipinski definition) is 2. The van der Waals surface area contributed by atoms with Gasteiger partial charge in [0.25, 0.3) is 5.91 Å². The SMILES string of the molecule is O=C1c2ccccc2CCN1CCCS. The molecule has 2 rings (SSSR count). The number of hydrogen-bond donors (Lipinski definition) is 1. The summed E-state index contributed by atoms with van der Waals surface area (Å²) in [5.74, 6) is 1.02. The van der Waals surface area contributed by atoms with Gasteiger partial charge in [0.05, 0.1) is 0 Å². The number of benzene rings is 1. The van der Waals surface area contributed by atoms with Gasteiger partial charge in [-0.1, -0.05) is 18.2 Å². The number of fused-ring (bicyclic) bond motifs is 1. The highest BCUT2D eigenvalue weighted by molar-refractivity contribution is 7.80. The van der Waals surface area contributed by atoms with E-state index in [1.807, 2.05) is 29.2 Å². The molecule has 0 aliphatic carbocycles. The Labute approximate surface area is 95.7 Å². The maximum Gasteiger partial charge on any atom is 0.254 e. The molecule has 1 aliphatic heterocycles. The molecule has 0 atom stereocenters. The van der Waals surface area contributed by atoms with E-state index in [-0.39, 0.29) is 5.91 Å². The normalized spacial score (nSPS) is 15.3. The lowest BCUT2D eigenvalue weighted by atomic mass is 9.99. The highest BCUT2D eigenvalue weighted by Gasteiger charge is 2.22. The number of carbonyl (C=O) groups excluding carboxylic acids is 1. The fourth-order valence-corrected chi connectivity index (χ4v) is 2.09. The van der Waals surface area contributed by atoms with Crippen molar-refractivity contribution in [1.29, 1.82) is 0 Å². The summed E-state index contributed by atoms with van der Waals surface area (Å²) in [5.41, 5.74) is 2.06. The fourth-order valence-electron chi connectivity index (χ4n) is 1.95. The Morgan fingerprint density at radius 3 is 2.93 bits per heavy atom. The molecule has 0 saturated carbocycles. The molecule has 0 unspecified atom stereocenters. The topological polar surface area (TPSA) is 20.3 Å². The van der Waals surface area contributed by atoms with E-state index in [2.05, 4.69) is 12.6 Å². The van der Waals surface area contributed by atoms with Gasteiger partial charge < -0.3 is 4.90 Å². The molecule has 15 heavy (non-hydrogen) atoms. The van der Waals surface area contributed by atoms with Gasteiger partial charge in [-0.05, 0) is 30.2 Å². The second-order valence-electron chi connectivity index (χ2n) is 3.78. The van der Waals surface area contributed by atoms with Crippen LogP contribution in [0.2, 0.25) is 0 Å². The standard InChI is InChI=1S/C12H15NOS/c14-12-11-5-2-1-4-10(11)6-8-13(12)7-3-9-15/h1-2,4-5,15H,3,6-9H2. The third-order valence-corrected chi connectivity index (χ3v) is 3.09. The monoisotopic (exact) mass is 221 g/mol. The summed E-state index contributed by atoms with van der Waals surface area (Å²) >= 11 is 4.17. The van der Waals surface area contributed by atoms with E-state index in [4.69, 9.17) is 0 Å². The second-order valence-corrected chi connectivity index (χ2v) is 4.22. The summed E-state index contributed by atoms with van der Waals surface area (Å²) in [5, 5.41) is 0. The van der Waals surface area contributed by atoms with Crippen molar-refractivity contribution in [2.45, 2.75) is 12.8 Å². The number of carbonyl (C=O) groups is 1. The Morgan fingerprint density at radius 2 is 2.13 bits per heavy atom. The highest BCUT2D eigenvalue weighted by atomic mass is 32.1. The first-order valence-corrected chi connectivity index (χ1v) is 5.94. The first-order valence-electron chi connectivity index (χ1n) is 5.31. The third kappa shape index (κ3) is 2.17. The van der Waals surface area contributed by atoms with Crippen molar-refractivity contribution in [2.24, 2.45) is 0 Å². The van der Waals surface area contributed by atoms with E-state index in [1.165, 1.54) is 5.56 Å². The van der Waals surface area contributed by atoms with Crippen molar-refractivity contribution in [2.75, 3.05) is 18.8 Å². The molecule has 1 aromatic carbocycles. The zero-order valence-electron chi connectivity index (χ0n) is 8.65. The van der Waals surface area contributed by atoms with Gasteiger partial charge in [-0.3, -0.25) is 4.79 Å². The first kappa shape index (κ1) is 10.6. The van der Waals surface area contributed by atoms with Crippen LogP contribution in [-0.2, 0) is 6.42 Å². The average Bonchev–Trinajstić information content (AvgIpc) is 2.29. The van der Waals surface area contributed by atoms with Gasteiger partial charge in [-0.2, -0.15) is 12.6 Å². The van der Waals surface area contributed by atoms with Crippen LogP contribution < -0.4 is 0 Å². The Hall–Kier alpha value is -0.960. The zero-order valence-corrected chi connectivity index (χ0v) is 9.54. The molecule has 0 fully saturated rings. The molecular weight excluding hydrogens is 206 g/mol. The van der Waals surface area contributed by atoms with Gasteiger partial charge in [0.15, 0.2) is 0 Å². The van der Waals surface area contributed by atoms with E-state index < -0.39 is 0 Å². The van der Waals surface area contributed by atoms with Crippen LogP contribution in [0.15, 0.2) is 24.3 Å². The smallest absolute Gasteiger partial charge is 0.254 e. The van der Waals surface area contributed by atoms with Crippen LogP contribution in [0, 0.1) is 0 Å². The molecule has 1 aromatic rings. The van der Waals surface area contributed by atoms with Crippen molar-refractivity contribution in [3.8, 4) is 0 Å². The number of rotatable bonds is 3. The van der Waals surface area contributed by atoms with E-state index >= 15 is 0 Å². The molecule has 1 heterocycles. The van der Waals surface area contributed by atoms with Gasteiger partial charge in [0.2, 0.25) is 0 Å². The van der Waals surface area contributed by atoms with Crippen LogP contribution in [0.3, 0.4) is 0 Å². The van der Waals surface area contributed by atoms with Gasteiger partial charge in [-0.25, -0.2) is 0 Å². The first-order chi connectivity index (χ1) is 7.33. The van der Waals surface area contributed by atoms with Crippen molar-refractivity contribution in [3.63, 3.8) is 0 Å². The van der Waals surface area contributed by atoms with E-state index in [0.717, 1.165) is 37.2 Å². The largest absolute Gasteiger partial charge is 0.338 e. The molecule has 0 radical (unpaired) electrons. The lowest BCUT2D eigenvalue weighted by molar-refractivity contribution is 0.0740. The van der Waals surface area contributed by atoms with Gasteiger partial charge in [-0.15, -0.1) is 0 Å². The van der Waals surface area contributed by atoms with Crippen molar-refractivity contribution < 1.29 is 4.79 Å². The summed E-state index contributed by atoms with van der Waals surface area (Å²) in [6.07, 6.45) is 1.95. The van der Waals surface area contributed by atoms with Crippen molar-refractivity contribution >= 4 is 18.5 Å². The maximum absolute atomic E-state index is 12.0. The third-order valence-electron chi connectivity index (χ3n) is 2.77. The van der Waals surface area contributed by atoms with Crippen LogP contribution in [-0.4, -0.2) is 29.6 Å². The molecule has 3 heteroatoms. The minimum atomic E-state index is 0.179. The summed E-state index contributed by atoms with van der Waals surface area (Å²) in [6, 6.07) is 7.89. The Bertz CT molecular complexity index is 364. The predicted octanol–water partition coefficient (Wildman–Crippen LogP) is 2.00. The van der Waals surface area contributed by atoms with E-state index in [9.17, 15) is 4.79 Å². The summed E-state index contributed by atoms with van der Waals surface area (Å²) in [7, 11) is 0. The minimum Gasteiger partial charge on any atom is -0.338 e. The predicted molar refractivity (Wildman–Crippen MR) is 64.5 cm³/mol. The summed E-state index contributed by atoms with van der Waals surface area (Å²) in [6.45, 7) is 1.68. The van der Waals surface area contributed by atoms with Crippen molar-refractivity contribution in [3.05, 3.63) is 35.4 Å². The van der Waals surface area contributed by atoms with Gasteiger partial charge in [0.1, 0.15) is 0 Å². The van der Waals surface area contributed by atoms with Crippen LogP contribution in [0.1, 0.15) is 22.3 Å². The lowest BCUT2D eigenvalue weighted by Crippen LogP contribution is -2.38. The van der Waals surface area contributed by atoms with E-state index in [1.54, 1.807) is 0 Å². The van der Waals surface area contributed by atoms with Crippen LogP contribution in [0.25, 0.3) is 0 Å². The number of nitrogens with zero attached hydrogens (tertiary/aromatic N) is 1. The molecule has 0 N–H and O–H groups in total. The van der Waals surface area contributed by atoms with Crippen LogP contribution in [0.5, 0.6) is 0 Å². The number of thiol groups is 1. The van der Waals surface area contributed by atoms with E-state index in [0.29, 0.717) is 0 Å². The fraction of sp³-hybridized carbons (Fsp3) is 0.417. The lowest BCUT2D eigenvalue weighted by Gasteiger charge is -2.28. The highest BCUT2D eigenvalue weighted by Crippen LogP contribution is 2.18. The zero-order chi connectivity index (χ0) is 10.7. The van der Waals surface area contributed by atoms with Gasteiger partial charge in [0, 0.05) is 18.7 Å². The molecule has 0 aromatic heterocycles. The Morgan fingerprint density at radius 1 is 1.33 bits per heavy atom. The molecule has 0 saturated heterocycles. The van der Waals surface area contributed by atoms with Crippen LogP contribution >= 0.6 is 12.6 Å². The molecule has 0 bridgehead atoms. The number of amides is 1. The molecule has 2 nitrogen and oxygen atoms in total. The average molecular weight is 221 g/mol. The van der Waals surface area contributed by atoms with Crippen LogP contribution in [0.4, 0.5) is 0 Å². The quantitative estimate of drug-likeness (QED) is 0.774. The molecule has 1 aliphatic rings. The summed E-state index contributed by atoms with van der Waals surface area (Å²) in [4.78, 5) is 14.0. The Balaban J connectivity index is 2.15. The molecule has 80 valence electrons. The van der Waals surface area contributed by atoms with Crippen molar-refractivity contribution in [1.82, 2.24) is 4.90 Å². The maximum atomic E-state index is 12.0. The van der Waals surface area contributed by atoms with Gasteiger partial charge >= 0.3 is 0 Å². The Kier molecular flexibility index (Phi) is 3.31. The minimum absolute atomic E-state index is 0.179. The second kappa shape index (κ2) is 4.71. The molecular formula is C12H15NOS. The molecule has 1 amide bonds.